The van der Waals surface area contributed by atoms with Crippen molar-refractivity contribution < 1.29 is 14.7 Å². The minimum atomic E-state index is -1.01. The maximum absolute atomic E-state index is 10.9. The zero-order valence-corrected chi connectivity index (χ0v) is 10.1. The van der Waals surface area contributed by atoms with Crippen molar-refractivity contribution in [3.05, 3.63) is 35.4 Å². The van der Waals surface area contributed by atoms with Crippen LogP contribution in [-0.4, -0.2) is 23.0 Å². The van der Waals surface area contributed by atoms with Crippen LogP contribution in [0, 0.1) is 0 Å². The smallest absolute Gasteiger partial charge is 0.326 e. The van der Waals surface area contributed by atoms with Gasteiger partial charge in [-0.1, -0.05) is 31.2 Å². The third-order valence-electron chi connectivity index (χ3n) is 2.55. The molecule has 2 N–H and O–H groups in total. The van der Waals surface area contributed by atoms with Gasteiger partial charge in [-0.05, 0) is 17.5 Å². The first-order valence-corrected chi connectivity index (χ1v) is 5.60. The Balaban J connectivity index is 2.71. The number of carboxylic acid groups (broad SMARTS) is 1. The highest BCUT2D eigenvalue weighted by molar-refractivity contribution is 5.82. The molecule has 1 unspecified atom stereocenters. The number of hydrogen-bond donors (Lipinski definition) is 2. The lowest BCUT2D eigenvalue weighted by Gasteiger charge is -2.13. The Morgan fingerprint density at radius 3 is 2.18 bits per heavy atom. The summed E-state index contributed by atoms with van der Waals surface area (Å²) in [4.78, 5) is 21.8. The minimum Gasteiger partial charge on any atom is -0.480 e. The number of aryl methyl sites for hydroxylation is 1. The molecule has 0 heterocycles. The maximum atomic E-state index is 10.9. The number of carboxylic acids is 1. The first kappa shape index (κ1) is 13.2. The number of benzene rings is 1. The van der Waals surface area contributed by atoms with E-state index in [1.807, 2.05) is 24.3 Å². The lowest BCUT2D eigenvalue weighted by Crippen LogP contribution is -2.41. The number of hydrogen-bond acceptors (Lipinski definition) is 2. The van der Waals surface area contributed by atoms with Crippen molar-refractivity contribution in [3.8, 4) is 0 Å². The van der Waals surface area contributed by atoms with Crippen LogP contribution >= 0.6 is 0 Å². The van der Waals surface area contributed by atoms with Gasteiger partial charge in [0.15, 0.2) is 0 Å². The van der Waals surface area contributed by atoms with Crippen molar-refractivity contribution in [1.82, 2.24) is 5.32 Å². The van der Waals surface area contributed by atoms with Gasteiger partial charge in [0.1, 0.15) is 6.04 Å². The Morgan fingerprint density at radius 2 is 1.76 bits per heavy atom. The number of carbonyl (C=O) groups is 2. The topological polar surface area (TPSA) is 66.4 Å². The van der Waals surface area contributed by atoms with Crippen molar-refractivity contribution >= 4 is 11.9 Å². The van der Waals surface area contributed by atoms with Crippen molar-refractivity contribution in [2.24, 2.45) is 0 Å². The molecule has 17 heavy (non-hydrogen) atoms. The molecule has 0 aliphatic heterocycles. The molecular formula is C13H17NO3. The standard InChI is InChI=1S/C13H17NO3/c1-3-10-4-6-11(7-5-10)8-12(13(16)17)14-9(2)15/h4-7,12H,3,8H2,1-2H3,(H,14,15)(H,16,17). The van der Waals surface area contributed by atoms with Crippen LogP contribution < -0.4 is 5.32 Å². The molecule has 0 bridgehead atoms. The summed E-state index contributed by atoms with van der Waals surface area (Å²) in [5.41, 5.74) is 2.11. The van der Waals surface area contributed by atoms with E-state index in [1.54, 1.807) is 0 Å². The summed E-state index contributed by atoms with van der Waals surface area (Å²) < 4.78 is 0. The Kier molecular flexibility index (Phi) is 4.69. The molecule has 1 amide bonds. The summed E-state index contributed by atoms with van der Waals surface area (Å²) >= 11 is 0. The molecule has 1 aromatic rings. The summed E-state index contributed by atoms with van der Waals surface area (Å²) in [5, 5.41) is 11.4. The Morgan fingerprint density at radius 1 is 1.24 bits per heavy atom. The molecule has 4 heteroatoms. The third kappa shape index (κ3) is 4.26. The number of rotatable bonds is 5. The van der Waals surface area contributed by atoms with Gasteiger partial charge in [-0.2, -0.15) is 0 Å². The van der Waals surface area contributed by atoms with Gasteiger partial charge in [-0.3, -0.25) is 4.79 Å². The van der Waals surface area contributed by atoms with E-state index in [-0.39, 0.29) is 5.91 Å². The quantitative estimate of drug-likeness (QED) is 0.810. The summed E-state index contributed by atoms with van der Waals surface area (Å²) in [6.45, 7) is 3.38. The lowest BCUT2D eigenvalue weighted by molar-refractivity contribution is -0.141. The van der Waals surface area contributed by atoms with E-state index >= 15 is 0 Å². The van der Waals surface area contributed by atoms with E-state index in [0.29, 0.717) is 6.42 Å². The molecule has 0 saturated carbocycles. The first-order chi connectivity index (χ1) is 8.02. The van der Waals surface area contributed by atoms with E-state index in [1.165, 1.54) is 12.5 Å². The van der Waals surface area contributed by atoms with Crippen LogP contribution in [0.25, 0.3) is 0 Å². The molecule has 0 saturated heterocycles. The largest absolute Gasteiger partial charge is 0.480 e. The van der Waals surface area contributed by atoms with E-state index in [4.69, 9.17) is 5.11 Å². The first-order valence-electron chi connectivity index (χ1n) is 5.60. The van der Waals surface area contributed by atoms with E-state index < -0.39 is 12.0 Å². The zero-order chi connectivity index (χ0) is 12.8. The fraction of sp³-hybridized carbons (Fsp3) is 0.385. The molecule has 1 aromatic carbocycles. The highest BCUT2D eigenvalue weighted by Crippen LogP contribution is 2.07. The van der Waals surface area contributed by atoms with Crippen molar-refractivity contribution in [1.29, 1.82) is 0 Å². The Labute approximate surface area is 101 Å². The summed E-state index contributed by atoms with van der Waals surface area (Å²) in [6.07, 6.45) is 1.26. The lowest BCUT2D eigenvalue weighted by atomic mass is 10.0. The number of carbonyl (C=O) groups excluding carboxylic acids is 1. The van der Waals surface area contributed by atoms with Gasteiger partial charge >= 0.3 is 5.97 Å². The molecular weight excluding hydrogens is 218 g/mol. The molecule has 1 rings (SSSR count). The maximum Gasteiger partial charge on any atom is 0.326 e. The van der Waals surface area contributed by atoms with Crippen LogP contribution in [0.1, 0.15) is 25.0 Å². The van der Waals surface area contributed by atoms with Crippen molar-refractivity contribution in [2.45, 2.75) is 32.7 Å². The fourth-order valence-electron chi connectivity index (χ4n) is 1.59. The van der Waals surface area contributed by atoms with Gasteiger partial charge in [-0.25, -0.2) is 4.79 Å². The van der Waals surface area contributed by atoms with Gasteiger partial charge in [0, 0.05) is 13.3 Å². The molecule has 1 atom stereocenters. The Hall–Kier alpha value is -1.84. The summed E-state index contributed by atoms with van der Waals surface area (Å²) in [6, 6.07) is 6.89. The molecule has 0 aliphatic carbocycles. The van der Waals surface area contributed by atoms with Crippen molar-refractivity contribution in [2.75, 3.05) is 0 Å². The second kappa shape index (κ2) is 6.03. The molecule has 0 aromatic heterocycles. The monoisotopic (exact) mass is 235 g/mol. The SMILES string of the molecule is CCc1ccc(CC(NC(C)=O)C(=O)O)cc1. The molecule has 0 radical (unpaired) electrons. The Bertz CT molecular complexity index is 398. The second-order valence-corrected chi connectivity index (χ2v) is 3.97. The van der Waals surface area contributed by atoms with Gasteiger partial charge in [0.25, 0.3) is 0 Å². The number of aliphatic carboxylic acids is 1. The van der Waals surface area contributed by atoms with Crippen LogP contribution in [0.2, 0.25) is 0 Å². The predicted molar refractivity (Wildman–Crippen MR) is 64.8 cm³/mol. The molecule has 92 valence electrons. The van der Waals surface area contributed by atoms with Gasteiger partial charge in [0.2, 0.25) is 5.91 Å². The summed E-state index contributed by atoms with van der Waals surface area (Å²) in [5.74, 6) is -1.35. The van der Waals surface area contributed by atoms with Crippen LogP contribution in [-0.2, 0) is 22.4 Å². The average Bonchev–Trinajstić information content (AvgIpc) is 2.28. The van der Waals surface area contributed by atoms with Crippen LogP contribution in [0.4, 0.5) is 0 Å². The molecule has 0 fully saturated rings. The van der Waals surface area contributed by atoms with Gasteiger partial charge in [-0.15, -0.1) is 0 Å². The highest BCUT2D eigenvalue weighted by atomic mass is 16.4. The minimum absolute atomic E-state index is 0.304. The van der Waals surface area contributed by atoms with Crippen LogP contribution in [0.5, 0.6) is 0 Å². The second-order valence-electron chi connectivity index (χ2n) is 3.97. The molecule has 4 nitrogen and oxygen atoms in total. The van der Waals surface area contributed by atoms with Crippen molar-refractivity contribution in [3.63, 3.8) is 0 Å². The van der Waals surface area contributed by atoms with Crippen LogP contribution in [0.3, 0.4) is 0 Å². The predicted octanol–water partition coefficient (Wildman–Crippen LogP) is 1.38. The number of nitrogens with one attached hydrogen (secondary N) is 1. The normalized spacial score (nSPS) is 11.9. The van der Waals surface area contributed by atoms with E-state index in [0.717, 1.165) is 12.0 Å². The number of amides is 1. The van der Waals surface area contributed by atoms with E-state index in [9.17, 15) is 9.59 Å². The molecule has 0 spiro atoms. The third-order valence-corrected chi connectivity index (χ3v) is 2.55. The van der Waals surface area contributed by atoms with Crippen LogP contribution in [0.15, 0.2) is 24.3 Å². The van der Waals surface area contributed by atoms with Gasteiger partial charge in [0.05, 0.1) is 0 Å². The van der Waals surface area contributed by atoms with E-state index in [2.05, 4.69) is 12.2 Å². The average molecular weight is 235 g/mol. The highest BCUT2D eigenvalue weighted by Gasteiger charge is 2.18. The fourth-order valence-corrected chi connectivity index (χ4v) is 1.59. The zero-order valence-electron chi connectivity index (χ0n) is 10.1. The molecule has 0 aliphatic rings. The van der Waals surface area contributed by atoms with Gasteiger partial charge < -0.3 is 10.4 Å². The summed E-state index contributed by atoms with van der Waals surface area (Å²) in [7, 11) is 0.